The summed E-state index contributed by atoms with van der Waals surface area (Å²) in [6, 6.07) is 0. The number of rotatable bonds is 3. The summed E-state index contributed by atoms with van der Waals surface area (Å²) < 4.78 is 5.30. The lowest BCUT2D eigenvalue weighted by Crippen LogP contribution is -2.44. The highest BCUT2D eigenvalue weighted by atomic mass is 16.5. The molecule has 5 nitrogen and oxygen atoms in total. The number of ether oxygens (including phenoxy) is 1. The van der Waals surface area contributed by atoms with Crippen molar-refractivity contribution in [2.45, 2.75) is 6.42 Å². The molecule has 2 heterocycles. The highest BCUT2D eigenvalue weighted by molar-refractivity contribution is 5.78. The second kappa shape index (κ2) is 6.18. The molecule has 2 fully saturated rings. The Morgan fingerprint density at radius 1 is 1.19 bits per heavy atom. The third-order valence-corrected chi connectivity index (χ3v) is 3.20. The lowest BCUT2D eigenvalue weighted by atomic mass is 10.3. The zero-order valence-corrected chi connectivity index (χ0v) is 9.78. The van der Waals surface area contributed by atoms with Crippen LogP contribution >= 0.6 is 0 Å². The van der Waals surface area contributed by atoms with Gasteiger partial charge in [-0.25, -0.2) is 0 Å². The molecule has 0 bridgehead atoms. The zero-order chi connectivity index (χ0) is 11.2. The molecular formula is C11H21N3O2. The molecule has 1 amide bonds. The Labute approximate surface area is 96.7 Å². The molecule has 2 aliphatic rings. The normalized spacial score (nSPS) is 24.5. The first-order valence-electron chi connectivity index (χ1n) is 6.15. The van der Waals surface area contributed by atoms with Gasteiger partial charge in [-0.1, -0.05) is 0 Å². The standard InChI is InChI=1S/C11H21N3O2/c15-11-10-12-2-1-3-14(11)5-4-13-6-8-16-9-7-13/h12H,1-10H2. The van der Waals surface area contributed by atoms with E-state index in [4.69, 9.17) is 4.74 Å². The molecular weight excluding hydrogens is 206 g/mol. The number of carbonyl (C=O) groups excluding carboxylic acids is 1. The van der Waals surface area contributed by atoms with Crippen molar-refractivity contribution in [3.8, 4) is 0 Å². The van der Waals surface area contributed by atoms with Crippen molar-refractivity contribution < 1.29 is 9.53 Å². The van der Waals surface area contributed by atoms with Gasteiger partial charge < -0.3 is 15.0 Å². The van der Waals surface area contributed by atoms with Crippen molar-refractivity contribution in [3.63, 3.8) is 0 Å². The molecule has 2 saturated heterocycles. The van der Waals surface area contributed by atoms with Gasteiger partial charge in [0, 0.05) is 32.7 Å². The number of hydrogen-bond acceptors (Lipinski definition) is 4. The second-order valence-electron chi connectivity index (χ2n) is 4.37. The molecule has 1 N–H and O–H groups in total. The molecule has 0 aromatic rings. The molecule has 92 valence electrons. The Hall–Kier alpha value is -0.650. The van der Waals surface area contributed by atoms with E-state index in [1.807, 2.05) is 4.90 Å². The quantitative estimate of drug-likeness (QED) is 0.681. The Bertz CT molecular complexity index is 229. The smallest absolute Gasteiger partial charge is 0.236 e. The first-order chi connectivity index (χ1) is 7.86. The summed E-state index contributed by atoms with van der Waals surface area (Å²) >= 11 is 0. The highest BCUT2D eigenvalue weighted by Crippen LogP contribution is 2.00. The SMILES string of the molecule is O=C1CNCCCN1CCN1CCOCC1. The number of nitrogens with one attached hydrogen (secondary N) is 1. The van der Waals surface area contributed by atoms with Gasteiger partial charge >= 0.3 is 0 Å². The van der Waals surface area contributed by atoms with Crippen molar-refractivity contribution >= 4 is 5.91 Å². The van der Waals surface area contributed by atoms with Gasteiger partial charge in [0.15, 0.2) is 0 Å². The predicted molar refractivity (Wildman–Crippen MR) is 61.3 cm³/mol. The Morgan fingerprint density at radius 2 is 2.00 bits per heavy atom. The first-order valence-corrected chi connectivity index (χ1v) is 6.15. The molecule has 0 unspecified atom stereocenters. The summed E-state index contributed by atoms with van der Waals surface area (Å²) in [6.07, 6.45) is 1.06. The largest absolute Gasteiger partial charge is 0.379 e. The minimum absolute atomic E-state index is 0.241. The molecule has 0 atom stereocenters. The van der Waals surface area contributed by atoms with E-state index in [0.717, 1.165) is 58.9 Å². The van der Waals surface area contributed by atoms with Crippen LogP contribution in [0.25, 0.3) is 0 Å². The maximum absolute atomic E-state index is 11.7. The van der Waals surface area contributed by atoms with E-state index in [0.29, 0.717) is 6.54 Å². The molecule has 2 aliphatic heterocycles. The van der Waals surface area contributed by atoms with Crippen LogP contribution in [-0.4, -0.2) is 74.7 Å². The van der Waals surface area contributed by atoms with Crippen molar-refractivity contribution in [1.82, 2.24) is 15.1 Å². The fourth-order valence-corrected chi connectivity index (χ4v) is 2.15. The molecule has 0 aromatic carbocycles. The summed E-state index contributed by atoms with van der Waals surface area (Å²) in [5.74, 6) is 0.241. The van der Waals surface area contributed by atoms with Gasteiger partial charge in [0.25, 0.3) is 0 Å². The van der Waals surface area contributed by atoms with Crippen LogP contribution in [0.2, 0.25) is 0 Å². The maximum atomic E-state index is 11.7. The van der Waals surface area contributed by atoms with E-state index in [9.17, 15) is 4.79 Å². The number of hydrogen-bond donors (Lipinski definition) is 1. The maximum Gasteiger partial charge on any atom is 0.236 e. The Morgan fingerprint density at radius 3 is 2.81 bits per heavy atom. The minimum Gasteiger partial charge on any atom is -0.379 e. The molecule has 0 aromatic heterocycles. The van der Waals surface area contributed by atoms with Gasteiger partial charge in [-0.15, -0.1) is 0 Å². The van der Waals surface area contributed by atoms with E-state index in [1.54, 1.807) is 0 Å². The van der Waals surface area contributed by atoms with Gasteiger partial charge in [-0.3, -0.25) is 9.69 Å². The van der Waals surface area contributed by atoms with E-state index in [1.165, 1.54) is 0 Å². The fourth-order valence-electron chi connectivity index (χ4n) is 2.15. The van der Waals surface area contributed by atoms with Crippen LogP contribution in [-0.2, 0) is 9.53 Å². The Balaban J connectivity index is 1.72. The average Bonchev–Trinajstić information content (AvgIpc) is 2.53. The van der Waals surface area contributed by atoms with Gasteiger partial charge in [-0.2, -0.15) is 0 Å². The van der Waals surface area contributed by atoms with Crippen molar-refractivity contribution in [2.24, 2.45) is 0 Å². The number of morpholine rings is 1. The van der Waals surface area contributed by atoms with Gasteiger partial charge in [0.1, 0.15) is 0 Å². The summed E-state index contributed by atoms with van der Waals surface area (Å²) in [4.78, 5) is 16.1. The van der Waals surface area contributed by atoms with E-state index in [-0.39, 0.29) is 5.91 Å². The van der Waals surface area contributed by atoms with Crippen LogP contribution in [0, 0.1) is 0 Å². The first kappa shape index (κ1) is 11.8. The number of carbonyl (C=O) groups is 1. The number of amides is 1. The summed E-state index contributed by atoms with van der Waals surface area (Å²) in [7, 11) is 0. The van der Waals surface area contributed by atoms with E-state index >= 15 is 0 Å². The average molecular weight is 227 g/mol. The summed E-state index contributed by atoms with van der Waals surface area (Å²) in [5, 5.41) is 3.14. The molecule has 16 heavy (non-hydrogen) atoms. The summed E-state index contributed by atoms with van der Waals surface area (Å²) in [5.41, 5.74) is 0. The highest BCUT2D eigenvalue weighted by Gasteiger charge is 2.17. The van der Waals surface area contributed by atoms with Crippen LogP contribution in [0.1, 0.15) is 6.42 Å². The molecule has 0 saturated carbocycles. The molecule has 0 radical (unpaired) electrons. The van der Waals surface area contributed by atoms with Gasteiger partial charge in [-0.05, 0) is 13.0 Å². The monoisotopic (exact) mass is 227 g/mol. The third-order valence-electron chi connectivity index (χ3n) is 3.20. The molecule has 2 rings (SSSR count). The molecule has 0 aliphatic carbocycles. The van der Waals surface area contributed by atoms with Crippen LogP contribution < -0.4 is 5.32 Å². The lowest BCUT2D eigenvalue weighted by molar-refractivity contribution is -0.129. The van der Waals surface area contributed by atoms with Crippen molar-refractivity contribution in [3.05, 3.63) is 0 Å². The van der Waals surface area contributed by atoms with Crippen molar-refractivity contribution in [2.75, 3.05) is 59.0 Å². The van der Waals surface area contributed by atoms with Gasteiger partial charge in [0.2, 0.25) is 5.91 Å². The van der Waals surface area contributed by atoms with Crippen LogP contribution in [0.3, 0.4) is 0 Å². The third kappa shape index (κ3) is 3.43. The summed E-state index contributed by atoms with van der Waals surface area (Å²) in [6.45, 7) is 7.86. The fraction of sp³-hybridized carbons (Fsp3) is 0.909. The van der Waals surface area contributed by atoms with E-state index in [2.05, 4.69) is 10.2 Å². The van der Waals surface area contributed by atoms with Crippen LogP contribution in [0.15, 0.2) is 0 Å². The molecule has 0 spiro atoms. The predicted octanol–water partition coefficient (Wildman–Crippen LogP) is -0.859. The topological polar surface area (TPSA) is 44.8 Å². The van der Waals surface area contributed by atoms with Gasteiger partial charge in [0.05, 0.1) is 19.8 Å². The molecule has 5 heteroatoms. The zero-order valence-electron chi connectivity index (χ0n) is 9.78. The Kier molecular flexibility index (Phi) is 4.56. The minimum atomic E-state index is 0.241. The number of nitrogens with zero attached hydrogens (tertiary/aromatic N) is 2. The van der Waals surface area contributed by atoms with E-state index < -0.39 is 0 Å². The van der Waals surface area contributed by atoms with Crippen molar-refractivity contribution in [1.29, 1.82) is 0 Å². The lowest BCUT2D eigenvalue weighted by Gasteiger charge is -2.29. The second-order valence-corrected chi connectivity index (χ2v) is 4.37. The van der Waals surface area contributed by atoms with Crippen LogP contribution in [0.5, 0.6) is 0 Å². The van der Waals surface area contributed by atoms with Crippen LogP contribution in [0.4, 0.5) is 0 Å².